The first-order chi connectivity index (χ1) is 7.98. The second-order valence-electron chi connectivity index (χ2n) is 3.52. The highest BCUT2D eigenvalue weighted by molar-refractivity contribution is 7.86. The Labute approximate surface area is 102 Å². The Bertz CT molecular complexity index is 492. The van der Waals surface area contributed by atoms with Crippen molar-refractivity contribution in [1.82, 2.24) is 18.8 Å². The topological polar surface area (TPSA) is 109 Å². The SMILES string of the molecule is NS(=O)(=O)N1CCN(C(=O)c2cnns2)CC1. The predicted molar refractivity (Wildman–Crippen MR) is 60.5 cm³/mol. The largest absolute Gasteiger partial charge is 0.335 e. The molecule has 8 nitrogen and oxygen atoms in total. The van der Waals surface area contributed by atoms with Crippen molar-refractivity contribution < 1.29 is 13.2 Å². The quantitative estimate of drug-likeness (QED) is 0.707. The standard InChI is InChI=1S/C7H11N5O3S2/c8-17(14,15)12-3-1-11(2-4-12)7(13)6-5-9-10-16-6/h5H,1-4H2,(H2,8,14,15). The van der Waals surface area contributed by atoms with Gasteiger partial charge < -0.3 is 4.90 Å². The van der Waals surface area contributed by atoms with Crippen LogP contribution >= 0.6 is 11.5 Å². The van der Waals surface area contributed by atoms with E-state index >= 15 is 0 Å². The highest BCUT2D eigenvalue weighted by Crippen LogP contribution is 2.11. The smallest absolute Gasteiger partial charge is 0.277 e. The minimum absolute atomic E-state index is 0.172. The summed E-state index contributed by atoms with van der Waals surface area (Å²) in [5, 5.41) is 8.59. The lowest BCUT2D eigenvalue weighted by Crippen LogP contribution is -2.52. The summed E-state index contributed by atoms with van der Waals surface area (Å²) in [4.78, 5) is 13.9. The molecule has 0 saturated carbocycles. The highest BCUT2D eigenvalue weighted by atomic mass is 32.2. The first-order valence-electron chi connectivity index (χ1n) is 4.83. The lowest BCUT2D eigenvalue weighted by Gasteiger charge is -2.32. The number of piperazine rings is 1. The fourth-order valence-corrected chi connectivity index (χ4v) is 2.72. The molecule has 1 saturated heterocycles. The van der Waals surface area contributed by atoms with Crippen LogP contribution in [0.4, 0.5) is 0 Å². The van der Waals surface area contributed by atoms with E-state index < -0.39 is 10.2 Å². The Morgan fingerprint density at radius 3 is 2.47 bits per heavy atom. The summed E-state index contributed by atoms with van der Waals surface area (Å²) in [5.41, 5.74) is 0. The zero-order chi connectivity index (χ0) is 12.5. The average molecular weight is 277 g/mol. The van der Waals surface area contributed by atoms with Gasteiger partial charge in [-0.2, -0.15) is 12.7 Å². The Kier molecular flexibility index (Phi) is 3.38. The molecule has 17 heavy (non-hydrogen) atoms. The summed E-state index contributed by atoms with van der Waals surface area (Å²) in [7, 11) is -3.66. The van der Waals surface area contributed by atoms with Crippen LogP contribution in [0.3, 0.4) is 0 Å². The van der Waals surface area contributed by atoms with Crippen LogP contribution in [0, 0.1) is 0 Å². The highest BCUT2D eigenvalue weighted by Gasteiger charge is 2.27. The maximum absolute atomic E-state index is 11.9. The molecular formula is C7H11N5O3S2. The summed E-state index contributed by atoms with van der Waals surface area (Å²) in [6.07, 6.45) is 1.40. The first-order valence-corrected chi connectivity index (χ1v) is 7.10. The van der Waals surface area contributed by atoms with Gasteiger partial charge in [0.2, 0.25) is 0 Å². The lowest BCUT2D eigenvalue weighted by atomic mass is 10.3. The molecule has 0 aliphatic carbocycles. The van der Waals surface area contributed by atoms with E-state index in [1.165, 1.54) is 6.20 Å². The van der Waals surface area contributed by atoms with Crippen LogP contribution in [0.1, 0.15) is 9.67 Å². The molecule has 10 heteroatoms. The number of rotatable bonds is 2. The van der Waals surface area contributed by atoms with E-state index in [1.807, 2.05) is 0 Å². The lowest BCUT2D eigenvalue weighted by molar-refractivity contribution is 0.0702. The molecule has 1 amide bonds. The van der Waals surface area contributed by atoms with Gasteiger partial charge >= 0.3 is 0 Å². The zero-order valence-electron chi connectivity index (χ0n) is 8.81. The molecule has 1 aliphatic heterocycles. The average Bonchev–Trinajstić information content (AvgIpc) is 2.80. The van der Waals surface area contributed by atoms with Gasteiger partial charge in [-0.3, -0.25) is 4.79 Å². The Balaban J connectivity index is 1.98. The van der Waals surface area contributed by atoms with Crippen LogP contribution in [0.15, 0.2) is 6.20 Å². The molecule has 2 heterocycles. The van der Waals surface area contributed by atoms with Crippen LogP contribution in [-0.2, 0) is 10.2 Å². The minimum Gasteiger partial charge on any atom is -0.335 e. The van der Waals surface area contributed by atoms with Crippen molar-refractivity contribution in [3.63, 3.8) is 0 Å². The predicted octanol–water partition coefficient (Wildman–Crippen LogP) is -1.50. The van der Waals surface area contributed by atoms with E-state index in [9.17, 15) is 13.2 Å². The van der Waals surface area contributed by atoms with Crippen LogP contribution in [0.25, 0.3) is 0 Å². The van der Waals surface area contributed by atoms with Crippen molar-refractivity contribution in [2.75, 3.05) is 26.2 Å². The molecule has 94 valence electrons. The van der Waals surface area contributed by atoms with Gasteiger partial charge in [0.1, 0.15) is 4.88 Å². The number of hydrogen-bond donors (Lipinski definition) is 1. The summed E-state index contributed by atoms with van der Waals surface area (Å²) in [6.45, 7) is 1.09. The molecule has 2 rings (SSSR count). The Morgan fingerprint density at radius 2 is 2.00 bits per heavy atom. The van der Waals surface area contributed by atoms with Gasteiger partial charge in [-0.05, 0) is 11.5 Å². The summed E-state index contributed by atoms with van der Waals surface area (Å²) >= 11 is 1.02. The molecule has 1 fully saturated rings. The van der Waals surface area contributed by atoms with E-state index in [2.05, 4.69) is 9.59 Å². The monoisotopic (exact) mass is 277 g/mol. The minimum atomic E-state index is -3.66. The number of hydrogen-bond acceptors (Lipinski definition) is 6. The van der Waals surface area contributed by atoms with E-state index in [0.717, 1.165) is 15.8 Å². The van der Waals surface area contributed by atoms with Crippen molar-refractivity contribution in [2.24, 2.45) is 5.14 Å². The fraction of sp³-hybridized carbons (Fsp3) is 0.571. The third kappa shape index (κ3) is 2.77. The van der Waals surface area contributed by atoms with Crippen LogP contribution in [-0.4, -0.2) is 59.3 Å². The third-order valence-electron chi connectivity index (χ3n) is 2.46. The molecule has 1 aliphatic rings. The zero-order valence-corrected chi connectivity index (χ0v) is 10.4. The summed E-state index contributed by atoms with van der Waals surface area (Å²) < 4.78 is 26.9. The molecule has 0 radical (unpaired) electrons. The number of aromatic nitrogens is 2. The molecule has 1 aromatic rings. The van der Waals surface area contributed by atoms with Crippen molar-refractivity contribution in [2.45, 2.75) is 0 Å². The Hall–Kier alpha value is -1.10. The van der Waals surface area contributed by atoms with E-state index in [4.69, 9.17) is 5.14 Å². The van der Waals surface area contributed by atoms with Crippen molar-refractivity contribution in [3.8, 4) is 0 Å². The summed E-state index contributed by atoms with van der Waals surface area (Å²) in [6, 6.07) is 0. The molecule has 0 aromatic carbocycles. The van der Waals surface area contributed by atoms with Crippen molar-refractivity contribution in [1.29, 1.82) is 0 Å². The second-order valence-corrected chi connectivity index (χ2v) is 5.85. The number of nitrogens with zero attached hydrogens (tertiary/aromatic N) is 4. The molecule has 1 aromatic heterocycles. The van der Waals surface area contributed by atoms with Crippen LogP contribution in [0.5, 0.6) is 0 Å². The summed E-state index contributed by atoms with van der Waals surface area (Å²) in [5.74, 6) is -0.172. The number of carbonyl (C=O) groups excluding carboxylic acids is 1. The van der Waals surface area contributed by atoms with Gasteiger partial charge in [0, 0.05) is 26.2 Å². The third-order valence-corrected chi connectivity index (χ3v) is 4.20. The van der Waals surface area contributed by atoms with Gasteiger partial charge in [-0.15, -0.1) is 5.10 Å². The normalized spacial score (nSPS) is 18.3. The molecule has 0 atom stereocenters. The molecule has 0 bridgehead atoms. The second kappa shape index (κ2) is 4.64. The Morgan fingerprint density at radius 1 is 1.35 bits per heavy atom. The number of amides is 1. The van der Waals surface area contributed by atoms with E-state index in [0.29, 0.717) is 18.0 Å². The maximum Gasteiger partial charge on any atom is 0.277 e. The number of nitrogens with two attached hydrogens (primary N) is 1. The van der Waals surface area contributed by atoms with Gasteiger partial charge in [0.05, 0.1) is 6.20 Å². The maximum atomic E-state index is 11.9. The van der Waals surface area contributed by atoms with Crippen LogP contribution in [0.2, 0.25) is 0 Å². The van der Waals surface area contributed by atoms with Crippen molar-refractivity contribution in [3.05, 3.63) is 11.1 Å². The number of carbonyl (C=O) groups is 1. The first kappa shape index (κ1) is 12.4. The van der Waals surface area contributed by atoms with E-state index in [-0.39, 0.29) is 19.0 Å². The molecule has 0 unspecified atom stereocenters. The van der Waals surface area contributed by atoms with Gasteiger partial charge in [-0.1, -0.05) is 4.49 Å². The van der Waals surface area contributed by atoms with Crippen molar-refractivity contribution >= 4 is 27.6 Å². The van der Waals surface area contributed by atoms with Crippen LogP contribution < -0.4 is 5.14 Å². The van der Waals surface area contributed by atoms with Gasteiger partial charge in [0.25, 0.3) is 16.1 Å². The molecule has 0 spiro atoms. The molecule has 2 N–H and O–H groups in total. The fourth-order valence-electron chi connectivity index (χ4n) is 1.56. The van der Waals surface area contributed by atoms with Gasteiger partial charge in [-0.25, -0.2) is 5.14 Å². The molecular weight excluding hydrogens is 266 g/mol. The van der Waals surface area contributed by atoms with E-state index in [1.54, 1.807) is 4.90 Å². The van der Waals surface area contributed by atoms with Gasteiger partial charge in [0.15, 0.2) is 0 Å².